The van der Waals surface area contributed by atoms with E-state index >= 15 is 0 Å². The first-order valence-corrected chi connectivity index (χ1v) is 11.0. The van der Waals surface area contributed by atoms with Crippen molar-refractivity contribution in [2.24, 2.45) is 34.0 Å². The topological polar surface area (TPSA) is 104 Å². The Morgan fingerprint density at radius 2 is 1.90 bits per heavy atom. The van der Waals surface area contributed by atoms with Crippen molar-refractivity contribution in [1.29, 1.82) is 0 Å². The van der Waals surface area contributed by atoms with Crippen molar-refractivity contribution >= 4 is 17.5 Å². The van der Waals surface area contributed by atoms with E-state index in [1.165, 1.54) is 6.92 Å². The molecule has 6 saturated carbocycles. The van der Waals surface area contributed by atoms with E-state index in [4.69, 9.17) is 4.74 Å². The standard InChI is InChI=1S/C23H29NO6/c1-10-5-21-14-15(26)13(10)8-23(21,29)22-7-12(30-11(2)25)6-20(3,9-24(4)18(14)22)17(22)16(27)19(21)28/h12-14,17-19,28-29H,1,5-9H2,2-4H3. The lowest BCUT2D eigenvalue weighted by molar-refractivity contribution is -0.285. The number of likely N-dealkylation sites (tertiary alicyclic amines) is 1. The molecule has 10 atom stereocenters. The summed E-state index contributed by atoms with van der Waals surface area (Å²) in [7, 11) is 1.97. The van der Waals surface area contributed by atoms with E-state index in [1.54, 1.807) is 0 Å². The molecule has 6 aliphatic carbocycles. The van der Waals surface area contributed by atoms with Gasteiger partial charge < -0.3 is 19.8 Å². The fourth-order valence-electron chi connectivity index (χ4n) is 9.83. The molecule has 0 amide bonds. The zero-order valence-electron chi connectivity index (χ0n) is 17.7. The van der Waals surface area contributed by atoms with Crippen molar-refractivity contribution < 1.29 is 29.3 Å². The Labute approximate surface area is 175 Å². The molecule has 1 saturated heterocycles. The second-order valence-electron chi connectivity index (χ2n) is 11.3. The number of nitrogens with zero attached hydrogens (tertiary/aromatic N) is 1. The molecule has 1 heterocycles. The van der Waals surface area contributed by atoms with Crippen LogP contribution in [0.3, 0.4) is 0 Å². The Kier molecular flexibility index (Phi) is 3.24. The molecule has 2 N–H and O–H groups in total. The van der Waals surface area contributed by atoms with Crippen molar-refractivity contribution in [3.63, 3.8) is 0 Å². The molecule has 10 unspecified atom stereocenters. The lowest BCUT2D eigenvalue weighted by Gasteiger charge is -2.70. The third-order valence-corrected chi connectivity index (χ3v) is 10.0. The summed E-state index contributed by atoms with van der Waals surface area (Å²) in [5, 5.41) is 24.0. The summed E-state index contributed by atoms with van der Waals surface area (Å²) in [5.41, 5.74) is -3.36. The monoisotopic (exact) mass is 415 g/mol. The Morgan fingerprint density at radius 3 is 2.57 bits per heavy atom. The van der Waals surface area contributed by atoms with Crippen LogP contribution in [0.4, 0.5) is 0 Å². The Balaban J connectivity index is 1.67. The number of aliphatic hydroxyl groups is 2. The third kappa shape index (κ3) is 1.60. The van der Waals surface area contributed by atoms with Crippen LogP contribution in [0, 0.1) is 34.0 Å². The fourth-order valence-corrected chi connectivity index (χ4v) is 9.83. The number of piperidine rings is 1. The number of carbonyl (C=O) groups is 3. The largest absolute Gasteiger partial charge is 0.463 e. The normalized spacial score (nSPS) is 58.2. The molecular weight excluding hydrogens is 386 g/mol. The number of ketones is 2. The van der Waals surface area contributed by atoms with E-state index in [-0.39, 0.29) is 30.0 Å². The minimum Gasteiger partial charge on any atom is -0.463 e. The molecule has 0 aromatic carbocycles. The first-order chi connectivity index (χ1) is 13.9. The van der Waals surface area contributed by atoms with Gasteiger partial charge in [0.25, 0.3) is 0 Å². The number of hydrogen-bond acceptors (Lipinski definition) is 7. The van der Waals surface area contributed by atoms with Crippen LogP contribution in [-0.2, 0) is 19.1 Å². The van der Waals surface area contributed by atoms with Crippen LogP contribution < -0.4 is 0 Å². The fraction of sp³-hybridized carbons (Fsp3) is 0.783. The van der Waals surface area contributed by atoms with Gasteiger partial charge in [0.15, 0.2) is 5.78 Å². The van der Waals surface area contributed by atoms with Crippen molar-refractivity contribution in [2.75, 3.05) is 13.6 Å². The maximum Gasteiger partial charge on any atom is 0.302 e. The maximum atomic E-state index is 13.8. The van der Waals surface area contributed by atoms with Gasteiger partial charge >= 0.3 is 5.97 Å². The number of carbonyl (C=O) groups excluding carboxylic acids is 3. The molecule has 162 valence electrons. The van der Waals surface area contributed by atoms with Gasteiger partial charge in [0.2, 0.25) is 0 Å². The predicted molar refractivity (Wildman–Crippen MR) is 104 cm³/mol. The van der Waals surface area contributed by atoms with Gasteiger partial charge in [-0.15, -0.1) is 0 Å². The number of rotatable bonds is 1. The van der Waals surface area contributed by atoms with Crippen molar-refractivity contribution in [3.8, 4) is 0 Å². The molecule has 0 aromatic heterocycles. The van der Waals surface area contributed by atoms with Crippen LogP contribution in [-0.4, -0.2) is 70.1 Å². The Morgan fingerprint density at radius 1 is 1.20 bits per heavy atom. The van der Waals surface area contributed by atoms with Crippen LogP contribution in [0.15, 0.2) is 12.2 Å². The minimum absolute atomic E-state index is 0.00960. The van der Waals surface area contributed by atoms with Crippen LogP contribution in [0.1, 0.15) is 39.5 Å². The first-order valence-electron chi connectivity index (χ1n) is 11.0. The van der Waals surface area contributed by atoms with Gasteiger partial charge in [0.1, 0.15) is 18.0 Å². The smallest absolute Gasteiger partial charge is 0.302 e. The highest BCUT2D eigenvalue weighted by molar-refractivity contribution is 5.99. The van der Waals surface area contributed by atoms with Crippen molar-refractivity contribution in [1.82, 2.24) is 4.90 Å². The number of Topliss-reactive ketones (excluding diaryl/α,β-unsaturated/α-hetero) is 2. The number of fused-ring (bicyclic) bond motifs is 1. The SMILES string of the molecule is C=C1CC23C(O)C(=O)C4C5(C)CC(OC(C)=O)CC46C(C2C(=O)C1CC36O)N(C)C5. The molecule has 1 aliphatic heterocycles. The van der Waals surface area contributed by atoms with Gasteiger partial charge in [-0.2, -0.15) is 0 Å². The lowest BCUT2D eigenvalue weighted by atomic mass is 9.36. The second-order valence-corrected chi connectivity index (χ2v) is 11.3. The van der Waals surface area contributed by atoms with Gasteiger partial charge in [-0.25, -0.2) is 0 Å². The minimum atomic E-state index is -1.38. The number of aliphatic hydroxyl groups excluding tert-OH is 1. The van der Waals surface area contributed by atoms with Crippen LogP contribution in [0.25, 0.3) is 0 Å². The first kappa shape index (κ1) is 19.1. The quantitative estimate of drug-likeness (QED) is 0.474. The predicted octanol–water partition coefficient (Wildman–Crippen LogP) is 0.475. The Hall–Kier alpha value is -1.57. The van der Waals surface area contributed by atoms with E-state index in [1.807, 2.05) is 14.0 Å². The molecule has 30 heavy (non-hydrogen) atoms. The molecule has 0 aromatic rings. The van der Waals surface area contributed by atoms with E-state index in [2.05, 4.69) is 11.5 Å². The number of hydrogen-bond donors (Lipinski definition) is 2. The summed E-state index contributed by atoms with van der Waals surface area (Å²) < 4.78 is 5.68. The van der Waals surface area contributed by atoms with E-state index in [0.29, 0.717) is 25.8 Å². The highest BCUT2D eigenvalue weighted by Crippen LogP contribution is 2.82. The van der Waals surface area contributed by atoms with Gasteiger partial charge in [-0.05, 0) is 38.1 Å². The highest BCUT2D eigenvalue weighted by Gasteiger charge is 2.92. The third-order valence-electron chi connectivity index (χ3n) is 10.0. The van der Waals surface area contributed by atoms with Gasteiger partial charge in [-0.3, -0.25) is 14.4 Å². The Bertz CT molecular complexity index is 946. The highest BCUT2D eigenvalue weighted by atomic mass is 16.5. The molecular formula is C23H29NO6. The van der Waals surface area contributed by atoms with Crippen molar-refractivity contribution in [3.05, 3.63) is 12.2 Å². The summed E-state index contributed by atoms with van der Waals surface area (Å²) in [6, 6.07) is -0.356. The second kappa shape index (κ2) is 5.08. The van der Waals surface area contributed by atoms with Crippen LogP contribution in [0.5, 0.6) is 0 Å². The summed E-state index contributed by atoms with van der Waals surface area (Å²) in [6.45, 7) is 8.04. The molecule has 7 fully saturated rings. The zero-order chi connectivity index (χ0) is 21.6. The summed E-state index contributed by atoms with van der Waals surface area (Å²) in [5.74, 6) is -2.22. The van der Waals surface area contributed by atoms with E-state index in [0.717, 1.165) is 5.57 Å². The molecule has 2 spiro atoms. The van der Waals surface area contributed by atoms with E-state index < -0.39 is 51.8 Å². The average molecular weight is 415 g/mol. The van der Waals surface area contributed by atoms with Gasteiger partial charge in [-0.1, -0.05) is 19.1 Å². The summed E-state index contributed by atoms with van der Waals surface area (Å²) in [6.07, 6.45) is -0.442. The summed E-state index contributed by atoms with van der Waals surface area (Å²) in [4.78, 5) is 41.4. The molecule has 7 aliphatic rings. The zero-order valence-corrected chi connectivity index (χ0v) is 17.7. The van der Waals surface area contributed by atoms with Crippen LogP contribution >= 0.6 is 0 Å². The number of esters is 1. The van der Waals surface area contributed by atoms with Crippen LogP contribution in [0.2, 0.25) is 0 Å². The number of allylic oxidation sites excluding steroid dienone is 1. The van der Waals surface area contributed by atoms with Gasteiger partial charge in [0, 0.05) is 48.1 Å². The molecule has 7 rings (SSSR count). The van der Waals surface area contributed by atoms with Crippen molar-refractivity contribution in [2.45, 2.75) is 63.4 Å². The molecule has 7 nitrogen and oxygen atoms in total. The lowest BCUT2D eigenvalue weighted by Crippen LogP contribution is -2.79. The number of ether oxygens (including phenoxy) is 1. The molecule has 0 radical (unpaired) electrons. The molecule has 7 heteroatoms. The maximum absolute atomic E-state index is 13.8. The molecule has 6 bridgehead atoms. The van der Waals surface area contributed by atoms with E-state index in [9.17, 15) is 24.6 Å². The van der Waals surface area contributed by atoms with Gasteiger partial charge in [0.05, 0.1) is 5.60 Å². The summed E-state index contributed by atoms with van der Waals surface area (Å²) >= 11 is 0. The average Bonchev–Trinajstić information content (AvgIpc) is 2.71.